The van der Waals surface area contributed by atoms with E-state index >= 15 is 0 Å². The number of nitrogens with zero attached hydrogens (tertiary/aromatic N) is 4. The summed E-state index contributed by atoms with van der Waals surface area (Å²) in [6, 6.07) is 17.6. The second kappa shape index (κ2) is 9.53. The largest absolute Gasteiger partial charge is 0.496 e. The molecular weight excluding hydrogens is 412 g/mol. The standard InChI is InChI=1S/C23H26N4O3S/c1-16-13-26(14-17(2)30-16)21(28)15-31-23-25-24-22(19-11-7-8-12-20(19)29-3)27(23)18-9-5-4-6-10-18/h4-12,16-17H,13-15H2,1-3H3. The van der Waals surface area contributed by atoms with Crippen LogP contribution >= 0.6 is 11.8 Å². The van der Waals surface area contributed by atoms with E-state index in [1.165, 1.54) is 11.8 Å². The molecular formula is C23H26N4O3S. The lowest BCUT2D eigenvalue weighted by Crippen LogP contribution is -2.48. The molecule has 1 aromatic heterocycles. The van der Waals surface area contributed by atoms with Gasteiger partial charge in [-0.25, -0.2) is 0 Å². The molecule has 1 aliphatic heterocycles. The van der Waals surface area contributed by atoms with Gasteiger partial charge in [-0.05, 0) is 38.1 Å². The van der Waals surface area contributed by atoms with E-state index < -0.39 is 0 Å². The Bertz CT molecular complexity index is 1030. The Kier molecular flexibility index (Phi) is 6.58. The molecule has 1 saturated heterocycles. The Labute approximate surface area is 186 Å². The molecule has 162 valence electrons. The average Bonchev–Trinajstić information content (AvgIpc) is 3.21. The third kappa shape index (κ3) is 4.75. The summed E-state index contributed by atoms with van der Waals surface area (Å²) in [7, 11) is 1.64. The predicted octanol–water partition coefficient (Wildman–Crippen LogP) is 3.67. The Morgan fingerprint density at radius 1 is 1.06 bits per heavy atom. The van der Waals surface area contributed by atoms with Gasteiger partial charge in [-0.1, -0.05) is 42.1 Å². The predicted molar refractivity (Wildman–Crippen MR) is 121 cm³/mol. The molecule has 7 nitrogen and oxygen atoms in total. The van der Waals surface area contributed by atoms with Gasteiger partial charge in [-0.3, -0.25) is 9.36 Å². The van der Waals surface area contributed by atoms with Crippen LogP contribution in [0.15, 0.2) is 59.8 Å². The smallest absolute Gasteiger partial charge is 0.233 e. The van der Waals surface area contributed by atoms with Crippen molar-refractivity contribution in [3.05, 3.63) is 54.6 Å². The second-order valence-electron chi connectivity index (χ2n) is 7.52. The molecule has 2 heterocycles. The highest BCUT2D eigenvalue weighted by atomic mass is 32.2. The zero-order chi connectivity index (χ0) is 21.8. The third-order valence-corrected chi connectivity index (χ3v) is 6.01. The normalized spacial score (nSPS) is 18.7. The number of hydrogen-bond donors (Lipinski definition) is 0. The molecule has 2 unspecified atom stereocenters. The molecule has 31 heavy (non-hydrogen) atoms. The van der Waals surface area contributed by atoms with Gasteiger partial charge in [0, 0.05) is 18.8 Å². The molecule has 0 saturated carbocycles. The van der Waals surface area contributed by atoms with Crippen molar-refractivity contribution < 1.29 is 14.3 Å². The number of methoxy groups -OCH3 is 1. The lowest BCUT2D eigenvalue weighted by molar-refractivity contribution is -0.140. The first kappa shape index (κ1) is 21.4. The van der Waals surface area contributed by atoms with Crippen LogP contribution in [0, 0.1) is 0 Å². The summed E-state index contributed by atoms with van der Waals surface area (Å²) in [5, 5.41) is 9.53. The van der Waals surface area contributed by atoms with Crippen molar-refractivity contribution in [3.63, 3.8) is 0 Å². The molecule has 0 radical (unpaired) electrons. The van der Waals surface area contributed by atoms with E-state index in [2.05, 4.69) is 10.2 Å². The number of thioether (sulfide) groups is 1. The van der Waals surface area contributed by atoms with Crippen molar-refractivity contribution in [2.24, 2.45) is 0 Å². The van der Waals surface area contributed by atoms with Gasteiger partial charge in [0.25, 0.3) is 0 Å². The Hall–Kier alpha value is -2.84. The fourth-order valence-corrected chi connectivity index (χ4v) is 4.63. The summed E-state index contributed by atoms with van der Waals surface area (Å²) >= 11 is 1.39. The third-order valence-electron chi connectivity index (χ3n) is 5.09. The van der Waals surface area contributed by atoms with Crippen LogP contribution in [0.1, 0.15) is 13.8 Å². The van der Waals surface area contributed by atoms with Gasteiger partial charge >= 0.3 is 0 Å². The van der Waals surface area contributed by atoms with E-state index in [-0.39, 0.29) is 23.9 Å². The molecule has 1 amide bonds. The van der Waals surface area contributed by atoms with Crippen molar-refractivity contribution in [2.45, 2.75) is 31.2 Å². The van der Waals surface area contributed by atoms with E-state index in [9.17, 15) is 4.79 Å². The number of morpholine rings is 1. The van der Waals surface area contributed by atoms with E-state index in [0.717, 1.165) is 17.0 Å². The van der Waals surface area contributed by atoms with E-state index in [1.807, 2.05) is 77.9 Å². The van der Waals surface area contributed by atoms with E-state index in [1.54, 1.807) is 7.11 Å². The quantitative estimate of drug-likeness (QED) is 0.547. The van der Waals surface area contributed by atoms with Gasteiger partial charge in [0.2, 0.25) is 5.91 Å². The molecule has 3 aromatic rings. The minimum Gasteiger partial charge on any atom is -0.496 e. The van der Waals surface area contributed by atoms with Crippen molar-refractivity contribution in [1.29, 1.82) is 0 Å². The monoisotopic (exact) mass is 438 g/mol. The summed E-state index contributed by atoms with van der Waals surface area (Å²) in [5.74, 6) is 1.76. The first-order valence-corrected chi connectivity index (χ1v) is 11.3. The van der Waals surface area contributed by atoms with Crippen molar-refractivity contribution >= 4 is 17.7 Å². The molecule has 0 N–H and O–H groups in total. The number of rotatable bonds is 6. The number of carbonyl (C=O) groups is 1. The lowest BCUT2D eigenvalue weighted by Gasteiger charge is -2.35. The molecule has 0 aliphatic carbocycles. The second-order valence-corrected chi connectivity index (χ2v) is 8.46. The number of amides is 1. The summed E-state index contributed by atoms with van der Waals surface area (Å²) in [4.78, 5) is 14.7. The zero-order valence-electron chi connectivity index (χ0n) is 17.9. The fraction of sp³-hybridized carbons (Fsp3) is 0.348. The van der Waals surface area contributed by atoms with Crippen LogP contribution in [0.25, 0.3) is 17.1 Å². The highest BCUT2D eigenvalue weighted by Gasteiger charge is 2.27. The highest BCUT2D eigenvalue weighted by Crippen LogP contribution is 2.33. The SMILES string of the molecule is COc1ccccc1-c1nnc(SCC(=O)N2CC(C)OC(C)C2)n1-c1ccccc1. The van der Waals surface area contributed by atoms with Crippen LogP contribution in [-0.4, -0.2) is 63.7 Å². The first-order chi connectivity index (χ1) is 15.1. The van der Waals surface area contributed by atoms with Crippen LogP contribution in [0.3, 0.4) is 0 Å². The number of benzene rings is 2. The zero-order valence-corrected chi connectivity index (χ0v) is 18.7. The van der Waals surface area contributed by atoms with Gasteiger partial charge in [0.15, 0.2) is 11.0 Å². The van der Waals surface area contributed by atoms with Gasteiger partial charge in [0.1, 0.15) is 5.75 Å². The maximum Gasteiger partial charge on any atom is 0.233 e. The number of carbonyl (C=O) groups excluding carboxylic acids is 1. The molecule has 2 aromatic carbocycles. The fourth-order valence-electron chi connectivity index (χ4n) is 3.78. The molecule has 1 fully saturated rings. The Morgan fingerprint density at radius 2 is 1.74 bits per heavy atom. The summed E-state index contributed by atoms with van der Waals surface area (Å²) < 4.78 is 13.3. The molecule has 8 heteroatoms. The minimum absolute atomic E-state index is 0.0443. The molecule has 0 spiro atoms. The number of aromatic nitrogens is 3. The van der Waals surface area contributed by atoms with E-state index in [0.29, 0.717) is 24.1 Å². The van der Waals surface area contributed by atoms with Crippen LogP contribution in [-0.2, 0) is 9.53 Å². The maximum absolute atomic E-state index is 12.9. The van der Waals surface area contributed by atoms with Crippen LogP contribution in [0.2, 0.25) is 0 Å². The van der Waals surface area contributed by atoms with Crippen molar-refractivity contribution in [3.8, 4) is 22.8 Å². The maximum atomic E-state index is 12.9. The van der Waals surface area contributed by atoms with Crippen LogP contribution < -0.4 is 4.74 Å². The van der Waals surface area contributed by atoms with E-state index in [4.69, 9.17) is 9.47 Å². The van der Waals surface area contributed by atoms with Gasteiger partial charge in [0.05, 0.1) is 30.6 Å². The lowest BCUT2D eigenvalue weighted by atomic mass is 10.2. The molecule has 0 bridgehead atoms. The van der Waals surface area contributed by atoms with Gasteiger partial charge < -0.3 is 14.4 Å². The van der Waals surface area contributed by atoms with Gasteiger partial charge in [-0.15, -0.1) is 10.2 Å². The molecule has 2 atom stereocenters. The minimum atomic E-state index is 0.0443. The first-order valence-electron chi connectivity index (χ1n) is 10.3. The number of hydrogen-bond acceptors (Lipinski definition) is 6. The number of para-hydroxylation sites is 2. The number of ether oxygens (including phenoxy) is 2. The Balaban J connectivity index is 1.62. The highest BCUT2D eigenvalue weighted by molar-refractivity contribution is 7.99. The Morgan fingerprint density at radius 3 is 2.45 bits per heavy atom. The average molecular weight is 439 g/mol. The summed E-state index contributed by atoms with van der Waals surface area (Å²) in [6.07, 6.45) is 0.0886. The van der Waals surface area contributed by atoms with Crippen molar-refractivity contribution in [2.75, 3.05) is 26.0 Å². The van der Waals surface area contributed by atoms with Gasteiger partial charge in [-0.2, -0.15) is 0 Å². The summed E-state index contributed by atoms with van der Waals surface area (Å²) in [5.41, 5.74) is 1.77. The molecule has 1 aliphatic rings. The van der Waals surface area contributed by atoms with Crippen LogP contribution in [0.5, 0.6) is 5.75 Å². The van der Waals surface area contributed by atoms with Crippen molar-refractivity contribution in [1.82, 2.24) is 19.7 Å². The molecule has 4 rings (SSSR count). The summed E-state index contributed by atoms with van der Waals surface area (Å²) in [6.45, 7) is 5.21. The topological polar surface area (TPSA) is 69.5 Å². The van der Waals surface area contributed by atoms with Crippen LogP contribution in [0.4, 0.5) is 0 Å².